The van der Waals surface area contributed by atoms with Gasteiger partial charge < -0.3 is 5.73 Å². The van der Waals surface area contributed by atoms with Gasteiger partial charge in [0.05, 0.1) is 0 Å². The van der Waals surface area contributed by atoms with Gasteiger partial charge in [-0.3, -0.25) is 0 Å². The molecule has 1 radical (unpaired) electrons. The zero-order valence-electron chi connectivity index (χ0n) is 6.47. The Morgan fingerprint density at radius 3 is 2.30 bits per heavy atom. The summed E-state index contributed by atoms with van der Waals surface area (Å²) < 4.78 is 0. The van der Waals surface area contributed by atoms with Crippen LogP contribution in [-0.2, 0) is 0 Å². The average Bonchev–Trinajstić information content (AvgIpc) is 1.89. The van der Waals surface area contributed by atoms with Gasteiger partial charge in [0.15, 0.2) is 0 Å². The van der Waals surface area contributed by atoms with Crippen molar-refractivity contribution < 1.29 is 0 Å². The van der Waals surface area contributed by atoms with Gasteiger partial charge in [-0.1, -0.05) is 25.3 Å². The minimum Gasteiger partial charge on any atom is -0.325 e. The van der Waals surface area contributed by atoms with Crippen LogP contribution in [0.25, 0.3) is 0 Å². The minimum absolute atomic E-state index is 0.0139. The van der Waals surface area contributed by atoms with Crippen LogP contribution in [0.2, 0.25) is 0 Å². The lowest BCUT2D eigenvalue weighted by atomic mass is 9.80. The van der Waals surface area contributed by atoms with Gasteiger partial charge in [0, 0.05) is 12.0 Å². The van der Waals surface area contributed by atoms with Crippen molar-refractivity contribution in [2.24, 2.45) is 5.73 Å². The molecule has 1 aliphatic carbocycles. The molecule has 0 unspecified atom stereocenters. The first kappa shape index (κ1) is 7.80. The van der Waals surface area contributed by atoms with Crippen molar-refractivity contribution in [2.75, 3.05) is 0 Å². The first-order chi connectivity index (χ1) is 4.77. The molecule has 1 saturated carbocycles. The molecule has 0 saturated heterocycles. The fourth-order valence-electron chi connectivity index (χ4n) is 1.61. The van der Waals surface area contributed by atoms with E-state index in [2.05, 4.69) is 6.58 Å². The van der Waals surface area contributed by atoms with Gasteiger partial charge in [-0.25, -0.2) is 0 Å². The van der Waals surface area contributed by atoms with Crippen molar-refractivity contribution in [1.29, 1.82) is 0 Å². The maximum absolute atomic E-state index is 6.04. The molecular weight excluding hydrogens is 122 g/mol. The summed E-state index contributed by atoms with van der Waals surface area (Å²) in [7, 11) is 0. The number of nitrogens with two attached hydrogens (primary N) is 1. The molecule has 10 heavy (non-hydrogen) atoms. The summed E-state index contributed by atoms with van der Waals surface area (Å²) in [6.45, 7) is 3.66. The minimum atomic E-state index is -0.0139. The maximum Gasteiger partial charge on any atom is 0.0224 e. The molecule has 0 aromatic carbocycles. The van der Waals surface area contributed by atoms with Crippen molar-refractivity contribution in [1.82, 2.24) is 0 Å². The van der Waals surface area contributed by atoms with E-state index in [1.165, 1.54) is 19.3 Å². The Morgan fingerprint density at radius 2 is 1.80 bits per heavy atom. The number of hydrogen-bond acceptors (Lipinski definition) is 1. The quantitative estimate of drug-likeness (QED) is 0.621. The second-order valence-electron chi connectivity index (χ2n) is 3.20. The van der Waals surface area contributed by atoms with Crippen LogP contribution in [0.1, 0.15) is 32.1 Å². The van der Waals surface area contributed by atoms with Gasteiger partial charge >= 0.3 is 0 Å². The van der Waals surface area contributed by atoms with E-state index in [-0.39, 0.29) is 5.54 Å². The molecule has 0 aromatic rings. The van der Waals surface area contributed by atoms with E-state index >= 15 is 0 Å². The summed E-state index contributed by atoms with van der Waals surface area (Å²) in [5, 5.41) is 0. The summed E-state index contributed by atoms with van der Waals surface area (Å²) in [6, 6.07) is 0. The van der Waals surface area contributed by atoms with E-state index in [0.29, 0.717) is 0 Å². The third kappa shape index (κ3) is 1.84. The van der Waals surface area contributed by atoms with Crippen LogP contribution in [0.4, 0.5) is 0 Å². The van der Waals surface area contributed by atoms with Gasteiger partial charge in [0.1, 0.15) is 0 Å². The zero-order valence-corrected chi connectivity index (χ0v) is 6.47. The summed E-state index contributed by atoms with van der Waals surface area (Å²) in [5.41, 5.74) is 6.03. The highest BCUT2D eigenvalue weighted by Gasteiger charge is 2.25. The van der Waals surface area contributed by atoms with E-state index < -0.39 is 0 Å². The van der Waals surface area contributed by atoms with Gasteiger partial charge in [0.25, 0.3) is 0 Å². The molecule has 0 bridgehead atoms. The largest absolute Gasteiger partial charge is 0.325 e. The molecular formula is C9H16N. The van der Waals surface area contributed by atoms with E-state index in [1.54, 1.807) is 0 Å². The monoisotopic (exact) mass is 138 g/mol. The zero-order chi connectivity index (χ0) is 7.45. The average molecular weight is 138 g/mol. The van der Waals surface area contributed by atoms with E-state index in [0.717, 1.165) is 12.8 Å². The predicted octanol–water partition coefficient (Wildman–Crippen LogP) is 2.04. The fourth-order valence-corrected chi connectivity index (χ4v) is 1.61. The first-order valence-electron chi connectivity index (χ1n) is 4.03. The maximum atomic E-state index is 6.04. The molecule has 57 valence electrons. The van der Waals surface area contributed by atoms with E-state index in [4.69, 9.17) is 5.73 Å². The van der Waals surface area contributed by atoms with Crippen molar-refractivity contribution >= 4 is 0 Å². The van der Waals surface area contributed by atoms with Crippen molar-refractivity contribution in [3.8, 4) is 0 Å². The van der Waals surface area contributed by atoms with Gasteiger partial charge in [0.2, 0.25) is 0 Å². The SMILES string of the molecule is C=C[CH]C1(N)CCCCC1. The molecule has 0 atom stereocenters. The van der Waals surface area contributed by atoms with Crippen LogP contribution in [0.5, 0.6) is 0 Å². The van der Waals surface area contributed by atoms with Crippen molar-refractivity contribution in [3.05, 3.63) is 19.1 Å². The second-order valence-corrected chi connectivity index (χ2v) is 3.20. The Morgan fingerprint density at radius 1 is 1.20 bits per heavy atom. The lowest BCUT2D eigenvalue weighted by Crippen LogP contribution is -2.41. The van der Waals surface area contributed by atoms with E-state index in [1.807, 2.05) is 12.5 Å². The van der Waals surface area contributed by atoms with Crippen LogP contribution in [0, 0.1) is 6.42 Å². The van der Waals surface area contributed by atoms with Crippen LogP contribution in [0.3, 0.4) is 0 Å². The molecule has 0 spiro atoms. The van der Waals surface area contributed by atoms with Crippen LogP contribution < -0.4 is 5.73 Å². The van der Waals surface area contributed by atoms with E-state index in [9.17, 15) is 0 Å². The molecule has 1 nitrogen and oxygen atoms in total. The third-order valence-corrected chi connectivity index (χ3v) is 2.23. The number of rotatable bonds is 2. The third-order valence-electron chi connectivity index (χ3n) is 2.23. The predicted molar refractivity (Wildman–Crippen MR) is 44.5 cm³/mol. The Kier molecular flexibility index (Phi) is 2.50. The normalized spacial score (nSPS) is 24.1. The summed E-state index contributed by atoms with van der Waals surface area (Å²) >= 11 is 0. The number of hydrogen-bond donors (Lipinski definition) is 1. The molecule has 0 aliphatic heterocycles. The Hall–Kier alpha value is -0.300. The Balaban J connectivity index is 2.39. The van der Waals surface area contributed by atoms with Gasteiger partial charge in [-0.15, -0.1) is 6.58 Å². The standard InChI is InChI=1S/C9H16N/c1-2-6-9(10)7-4-3-5-8-9/h2,6H,1,3-5,7-8,10H2. The van der Waals surface area contributed by atoms with Gasteiger partial charge in [-0.05, 0) is 12.8 Å². The summed E-state index contributed by atoms with van der Waals surface area (Å²) in [6.07, 6.45) is 10.1. The van der Waals surface area contributed by atoms with Crippen molar-refractivity contribution in [3.63, 3.8) is 0 Å². The topological polar surface area (TPSA) is 26.0 Å². The summed E-state index contributed by atoms with van der Waals surface area (Å²) in [5.74, 6) is 0. The smallest absolute Gasteiger partial charge is 0.0224 e. The second kappa shape index (κ2) is 3.20. The molecule has 2 N–H and O–H groups in total. The molecule has 1 rings (SSSR count). The van der Waals surface area contributed by atoms with Crippen molar-refractivity contribution in [2.45, 2.75) is 37.6 Å². The molecule has 0 heterocycles. The highest BCUT2D eigenvalue weighted by Crippen LogP contribution is 2.27. The molecule has 1 fully saturated rings. The van der Waals surface area contributed by atoms with Crippen LogP contribution in [-0.4, -0.2) is 5.54 Å². The summed E-state index contributed by atoms with van der Waals surface area (Å²) in [4.78, 5) is 0. The van der Waals surface area contributed by atoms with Crippen LogP contribution in [0.15, 0.2) is 12.7 Å². The molecule has 0 amide bonds. The molecule has 1 aliphatic rings. The van der Waals surface area contributed by atoms with Crippen LogP contribution >= 0.6 is 0 Å². The lowest BCUT2D eigenvalue weighted by molar-refractivity contribution is 0.343. The highest BCUT2D eigenvalue weighted by molar-refractivity contribution is 5.07. The molecule has 1 heteroatoms. The first-order valence-corrected chi connectivity index (χ1v) is 4.03. The Labute approximate surface area is 63.3 Å². The van der Waals surface area contributed by atoms with Gasteiger partial charge in [-0.2, -0.15) is 0 Å². The fraction of sp³-hybridized carbons (Fsp3) is 0.667. The Bertz CT molecular complexity index is 112. The molecule has 0 aromatic heterocycles. The highest BCUT2D eigenvalue weighted by atomic mass is 14.7. The lowest BCUT2D eigenvalue weighted by Gasteiger charge is -2.31.